The van der Waals surface area contributed by atoms with E-state index in [1.165, 1.54) is 0 Å². The molecule has 3 unspecified atom stereocenters. The highest BCUT2D eigenvalue weighted by Crippen LogP contribution is 2.38. The van der Waals surface area contributed by atoms with E-state index in [1.807, 2.05) is 0 Å². The van der Waals surface area contributed by atoms with Crippen LogP contribution in [0.3, 0.4) is 0 Å². The van der Waals surface area contributed by atoms with Gasteiger partial charge in [0.05, 0.1) is 12.2 Å². The van der Waals surface area contributed by atoms with Crippen LogP contribution in [0.5, 0.6) is 0 Å². The van der Waals surface area contributed by atoms with Crippen LogP contribution in [0.4, 0.5) is 5.69 Å². The summed E-state index contributed by atoms with van der Waals surface area (Å²) in [6.45, 7) is 7.14. The fourth-order valence-corrected chi connectivity index (χ4v) is 6.35. The van der Waals surface area contributed by atoms with E-state index in [1.54, 1.807) is 52.0 Å². The smallest absolute Gasteiger partial charge is 0.326 e. The Kier molecular flexibility index (Phi) is 17.7. The van der Waals surface area contributed by atoms with Crippen molar-refractivity contribution in [3.05, 3.63) is 29.8 Å². The second kappa shape index (κ2) is 20.3. The maximum Gasteiger partial charge on any atom is 0.326 e. The fourth-order valence-electron chi connectivity index (χ4n) is 5.81. The first-order chi connectivity index (χ1) is 23.9. The Morgan fingerprint density at radius 2 is 1.35 bits per heavy atom. The van der Waals surface area contributed by atoms with Crippen LogP contribution in [-0.4, -0.2) is 95.1 Å². The second-order valence-corrected chi connectivity index (χ2v) is 15.9. The number of carboxylic acids is 2. The van der Waals surface area contributed by atoms with Crippen molar-refractivity contribution in [2.24, 2.45) is 16.6 Å². The van der Waals surface area contributed by atoms with Gasteiger partial charge in [-0.25, -0.2) is 4.79 Å². The topological polar surface area (TPSA) is 314 Å². The van der Waals surface area contributed by atoms with Crippen molar-refractivity contribution in [1.82, 2.24) is 21.3 Å². The molecule has 1 rings (SSSR count). The number of nitrogens with one attached hydrogen (secondary N) is 4. The van der Waals surface area contributed by atoms with Crippen LogP contribution in [0, 0.1) is 10.8 Å². The van der Waals surface area contributed by atoms with Gasteiger partial charge in [0.1, 0.15) is 18.1 Å². The average Bonchev–Trinajstić information content (AvgIpc) is 2.98. The van der Waals surface area contributed by atoms with Crippen LogP contribution in [0.1, 0.15) is 95.8 Å². The van der Waals surface area contributed by atoms with E-state index in [0.29, 0.717) is 30.5 Å². The van der Waals surface area contributed by atoms with E-state index in [0.717, 1.165) is 0 Å². The highest BCUT2D eigenvalue weighted by atomic mass is 32.2. The van der Waals surface area contributed by atoms with Crippen molar-refractivity contribution in [3.8, 4) is 0 Å². The number of hydrogen-bond acceptors (Lipinski definition) is 10. The summed E-state index contributed by atoms with van der Waals surface area (Å²) >= 11 is 0. The zero-order valence-corrected chi connectivity index (χ0v) is 30.7. The van der Waals surface area contributed by atoms with Gasteiger partial charge in [0.25, 0.3) is 16.0 Å². The molecule has 18 nitrogen and oxygen atoms in total. The number of rotatable bonds is 24. The number of unbranched alkanes of at least 4 members (excludes halogenated alkanes) is 1. The number of primary amides is 1. The Labute approximate surface area is 303 Å². The first-order valence-corrected chi connectivity index (χ1v) is 18.2. The molecule has 0 spiro atoms. The summed E-state index contributed by atoms with van der Waals surface area (Å²) in [5.74, 6) is -7.20. The van der Waals surface area contributed by atoms with Gasteiger partial charge < -0.3 is 42.9 Å². The van der Waals surface area contributed by atoms with Gasteiger partial charge >= 0.3 is 11.9 Å². The zero-order valence-electron chi connectivity index (χ0n) is 29.9. The van der Waals surface area contributed by atoms with Gasteiger partial charge in [-0.05, 0) is 73.6 Å². The zero-order chi connectivity index (χ0) is 39.9. The third-order valence-corrected chi connectivity index (χ3v) is 8.63. The van der Waals surface area contributed by atoms with Crippen molar-refractivity contribution in [2.45, 2.75) is 104 Å². The Morgan fingerprint density at radius 3 is 1.88 bits per heavy atom. The van der Waals surface area contributed by atoms with Crippen LogP contribution < -0.4 is 32.7 Å². The number of carbonyl (C=O) groups is 7. The van der Waals surface area contributed by atoms with Gasteiger partial charge in [-0.1, -0.05) is 27.7 Å². The normalized spacial score (nSPS) is 13.6. The number of anilines is 1. The molecule has 3 atom stereocenters. The molecule has 5 amide bonds. The fraction of sp³-hybridized carbons (Fsp3) is 0.606. The average molecular weight is 757 g/mol. The Hall–Kier alpha value is -4.78. The van der Waals surface area contributed by atoms with Gasteiger partial charge in [-0.3, -0.25) is 33.3 Å². The van der Waals surface area contributed by atoms with E-state index in [4.69, 9.17) is 11.5 Å². The van der Waals surface area contributed by atoms with Crippen molar-refractivity contribution in [2.75, 3.05) is 18.0 Å². The third kappa shape index (κ3) is 19.0. The van der Waals surface area contributed by atoms with Crippen LogP contribution in [0.15, 0.2) is 24.3 Å². The largest absolute Gasteiger partial charge is 0.481 e. The predicted molar refractivity (Wildman–Crippen MR) is 189 cm³/mol. The molecule has 0 bridgehead atoms. The molecule has 0 saturated carbocycles. The molecule has 0 saturated heterocycles. The summed E-state index contributed by atoms with van der Waals surface area (Å²) < 4.78 is 32.1. The number of nitrogens with two attached hydrogens (primary N) is 2. The first kappa shape index (κ1) is 45.2. The van der Waals surface area contributed by atoms with Gasteiger partial charge in [0.15, 0.2) is 0 Å². The summed E-state index contributed by atoms with van der Waals surface area (Å²) in [4.78, 5) is 86.1. The molecule has 1 aromatic carbocycles. The van der Waals surface area contributed by atoms with Crippen molar-refractivity contribution in [1.29, 1.82) is 0 Å². The highest BCUT2D eigenvalue weighted by molar-refractivity contribution is 7.85. The molecule has 0 heterocycles. The third-order valence-electron chi connectivity index (χ3n) is 7.87. The molecular weight excluding hydrogens is 704 g/mol. The summed E-state index contributed by atoms with van der Waals surface area (Å²) in [5.41, 5.74) is 10.5. The molecule has 0 radical (unpaired) electrons. The number of hydrogen-bond donors (Lipinski definition) is 9. The van der Waals surface area contributed by atoms with E-state index in [-0.39, 0.29) is 31.7 Å². The lowest BCUT2D eigenvalue weighted by Crippen LogP contribution is -2.53. The maximum absolute atomic E-state index is 13.1. The van der Waals surface area contributed by atoms with E-state index >= 15 is 0 Å². The summed E-state index contributed by atoms with van der Waals surface area (Å²) in [6.07, 6.45) is -0.649. The Bertz CT molecular complexity index is 1550. The molecule has 292 valence electrons. The number of nitrogen functional groups attached to an aromatic ring is 1. The van der Waals surface area contributed by atoms with Crippen molar-refractivity contribution in [3.63, 3.8) is 0 Å². The molecule has 1 aromatic rings. The monoisotopic (exact) mass is 756 g/mol. The van der Waals surface area contributed by atoms with E-state index < -0.39 is 99.7 Å². The molecule has 11 N–H and O–H groups in total. The van der Waals surface area contributed by atoms with Crippen LogP contribution in [0.2, 0.25) is 0 Å². The number of aliphatic carboxylic acids is 2. The number of amides is 5. The minimum atomic E-state index is -4.59. The van der Waals surface area contributed by atoms with Gasteiger partial charge in [0, 0.05) is 30.6 Å². The number of carbonyl (C=O) groups excluding carboxylic acids is 5. The standard InChI is InChI=1S/C33H52N6O12S/c1-32(2,19-33(3,4)18-27(42)43)17-26(41)38-23(14-16-52(49,50)51)30(46)39-24(31(47)48)12-13-25(40)37-22(28(35)44)7-5-6-15-36-29(45)20-8-10-21(34)11-9-20/h8-11,22-24H,5-7,12-19,34H2,1-4H3,(H2,35,44)(H,36,45)(H,37,40)(H,38,41)(H,39,46)(H,42,43)(H,47,48)(H,49,50,51). The first-order valence-electron chi connectivity index (χ1n) is 16.6. The Balaban J connectivity index is 2.78. The van der Waals surface area contributed by atoms with Gasteiger partial charge in [0.2, 0.25) is 23.6 Å². The lowest BCUT2D eigenvalue weighted by Gasteiger charge is -2.34. The molecule has 0 aliphatic heterocycles. The minimum absolute atomic E-state index is 0.126. The molecular formula is C33H52N6O12S. The molecule has 52 heavy (non-hydrogen) atoms. The molecule has 0 aromatic heterocycles. The van der Waals surface area contributed by atoms with Gasteiger partial charge in [-0.2, -0.15) is 8.42 Å². The lowest BCUT2D eigenvalue weighted by molar-refractivity contribution is -0.142. The van der Waals surface area contributed by atoms with Crippen molar-refractivity contribution < 1.29 is 56.7 Å². The van der Waals surface area contributed by atoms with Crippen LogP contribution in [-0.2, 0) is 38.9 Å². The lowest BCUT2D eigenvalue weighted by atomic mass is 9.71. The van der Waals surface area contributed by atoms with E-state index in [9.17, 15) is 56.7 Å². The summed E-state index contributed by atoms with van der Waals surface area (Å²) in [7, 11) is -4.59. The van der Waals surface area contributed by atoms with Gasteiger partial charge in [-0.15, -0.1) is 0 Å². The molecule has 0 aliphatic carbocycles. The molecule has 0 fully saturated rings. The summed E-state index contributed by atoms with van der Waals surface area (Å²) in [5, 5.41) is 28.6. The molecule has 0 aliphatic rings. The SMILES string of the molecule is CC(C)(CC(=O)O)CC(C)(C)CC(=O)NC(CCS(=O)(=O)O)C(=O)NC(CCC(=O)NC(CCCCNC(=O)c1ccc(N)cc1)C(N)=O)C(=O)O. The highest BCUT2D eigenvalue weighted by Gasteiger charge is 2.34. The van der Waals surface area contributed by atoms with Crippen LogP contribution in [0.25, 0.3) is 0 Å². The quantitative estimate of drug-likeness (QED) is 0.0396. The second-order valence-electron chi connectivity index (χ2n) is 14.3. The minimum Gasteiger partial charge on any atom is -0.481 e. The maximum atomic E-state index is 13.1. The number of carboxylic acid groups (broad SMARTS) is 2. The predicted octanol–water partition coefficient (Wildman–Crippen LogP) is 0.559. The van der Waals surface area contributed by atoms with Crippen LogP contribution >= 0.6 is 0 Å². The molecule has 19 heteroatoms. The summed E-state index contributed by atoms with van der Waals surface area (Å²) in [6, 6.07) is 1.96. The van der Waals surface area contributed by atoms with E-state index in [2.05, 4.69) is 21.3 Å². The number of benzene rings is 1. The van der Waals surface area contributed by atoms with Crippen molar-refractivity contribution >= 4 is 57.3 Å². The Morgan fingerprint density at radius 1 is 0.769 bits per heavy atom.